The van der Waals surface area contributed by atoms with Gasteiger partial charge in [0.05, 0.1) is 10.0 Å². The molecule has 1 aliphatic rings. The van der Waals surface area contributed by atoms with Gasteiger partial charge < -0.3 is 4.90 Å². The van der Waals surface area contributed by atoms with Gasteiger partial charge in [0.2, 0.25) is 5.91 Å². The molecule has 0 saturated carbocycles. The van der Waals surface area contributed by atoms with E-state index in [-0.39, 0.29) is 12.5 Å². The second-order valence-electron chi connectivity index (χ2n) is 5.64. The summed E-state index contributed by atoms with van der Waals surface area (Å²) in [6.45, 7) is 0.496. The first-order chi connectivity index (χ1) is 12.0. The molecule has 0 atom stereocenters. The minimum absolute atomic E-state index is 0.0329. The average molecular weight is 384 g/mol. The Morgan fingerprint density at radius 2 is 1.96 bits per heavy atom. The number of hydrazine groups is 1. The maximum Gasteiger partial charge on any atom is 0.262 e. The Morgan fingerprint density at radius 3 is 2.76 bits per heavy atom. The second kappa shape index (κ2) is 9.44. The van der Waals surface area contributed by atoms with Crippen molar-refractivity contribution in [3.63, 3.8) is 0 Å². The molecule has 1 aliphatic heterocycles. The summed E-state index contributed by atoms with van der Waals surface area (Å²) < 4.78 is 0. The number of rotatable bonds is 4. The molecule has 1 aromatic carbocycles. The van der Waals surface area contributed by atoms with E-state index in [1.807, 2.05) is 0 Å². The van der Waals surface area contributed by atoms with Crippen LogP contribution < -0.4 is 10.9 Å². The van der Waals surface area contributed by atoms with Gasteiger partial charge in [0.25, 0.3) is 11.8 Å². The summed E-state index contributed by atoms with van der Waals surface area (Å²) in [7, 11) is 0. The van der Waals surface area contributed by atoms with Gasteiger partial charge in [-0.2, -0.15) is 0 Å². The highest BCUT2D eigenvalue weighted by molar-refractivity contribution is 6.42. The summed E-state index contributed by atoms with van der Waals surface area (Å²) in [6.07, 6.45) is 5.90. The van der Waals surface area contributed by atoms with Crippen molar-refractivity contribution in [2.45, 2.75) is 25.7 Å². The summed E-state index contributed by atoms with van der Waals surface area (Å²) >= 11 is 11.9. The maximum absolute atomic E-state index is 11.9. The first-order valence-corrected chi connectivity index (χ1v) is 8.71. The van der Waals surface area contributed by atoms with E-state index in [0.717, 1.165) is 19.3 Å². The Balaban J connectivity index is 1.81. The van der Waals surface area contributed by atoms with E-state index in [4.69, 9.17) is 23.2 Å². The summed E-state index contributed by atoms with van der Waals surface area (Å²) in [4.78, 5) is 37.0. The molecular weight excluding hydrogens is 365 g/mol. The van der Waals surface area contributed by atoms with Crippen LogP contribution in [0.1, 0.15) is 31.2 Å². The Hall–Kier alpha value is -2.05. The third-order valence-corrected chi connectivity index (χ3v) is 4.56. The van der Waals surface area contributed by atoms with Crippen molar-refractivity contribution >= 4 is 47.0 Å². The monoisotopic (exact) mass is 383 g/mol. The number of carbonyl (C=O) groups is 3. The van der Waals surface area contributed by atoms with E-state index in [2.05, 4.69) is 10.9 Å². The Bertz CT molecular complexity index is 692. The molecule has 0 spiro atoms. The van der Waals surface area contributed by atoms with Crippen molar-refractivity contribution in [3.8, 4) is 0 Å². The van der Waals surface area contributed by atoms with Crippen molar-refractivity contribution in [1.82, 2.24) is 15.8 Å². The van der Waals surface area contributed by atoms with Crippen LogP contribution in [0.25, 0.3) is 6.08 Å². The van der Waals surface area contributed by atoms with Crippen LogP contribution >= 0.6 is 23.2 Å². The van der Waals surface area contributed by atoms with Crippen LogP contribution in [-0.4, -0.2) is 35.7 Å². The second-order valence-corrected chi connectivity index (χ2v) is 6.42. The van der Waals surface area contributed by atoms with Gasteiger partial charge in [0, 0.05) is 19.0 Å². The molecule has 0 bridgehead atoms. The van der Waals surface area contributed by atoms with Gasteiger partial charge in [-0.1, -0.05) is 41.8 Å². The summed E-state index contributed by atoms with van der Waals surface area (Å²) in [6, 6.07) is 5.07. The number of carbonyl (C=O) groups excluding carboxylic acids is 3. The number of nitrogens with zero attached hydrogens (tertiary/aromatic N) is 1. The minimum Gasteiger partial charge on any atom is -0.333 e. The van der Waals surface area contributed by atoms with Crippen LogP contribution in [0.5, 0.6) is 0 Å². The Labute approximate surface area is 156 Å². The predicted octanol–water partition coefficient (Wildman–Crippen LogP) is 2.56. The zero-order chi connectivity index (χ0) is 18.2. The number of amides is 3. The predicted molar refractivity (Wildman–Crippen MR) is 96.8 cm³/mol. The molecule has 6 nitrogen and oxygen atoms in total. The molecule has 2 rings (SSSR count). The molecule has 25 heavy (non-hydrogen) atoms. The van der Waals surface area contributed by atoms with E-state index in [1.165, 1.54) is 17.1 Å². The largest absolute Gasteiger partial charge is 0.333 e. The highest BCUT2D eigenvalue weighted by atomic mass is 35.5. The van der Waals surface area contributed by atoms with Gasteiger partial charge in [-0.25, -0.2) is 0 Å². The van der Waals surface area contributed by atoms with Crippen LogP contribution in [0.15, 0.2) is 24.3 Å². The lowest BCUT2D eigenvalue weighted by Gasteiger charge is -2.19. The van der Waals surface area contributed by atoms with E-state index in [0.29, 0.717) is 28.6 Å². The van der Waals surface area contributed by atoms with E-state index >= 15 is 0 Å². The molecule has 2 N–H and O–H groups in total. The first-order valence-electron chi connectivity index (χ1n) is 7.96. The Kier molecular flexibility index (Phi) is 7.28. The SMILES string of the molecule is O=C(/C=C/c1cccc(Cl)c1Cl)NNC(=O)CN1CCCCCC1=O. The van der Waals surface area contributed by atoms with E-state index in [9.17, 15) is 14.4 Å². The fraction of sp³-hybridized carbons (Fsp3) is 0.353. The smallest absolute Gasteiger partial charge is 0.262 e. The van der Waals surface area contributed by atoms with Crippen LogP contribution in [-0.2, 0) is 14.4 Å². The fourth-order valence-corrected chi connectivity index (χ4v) is 2.78. The summed E-state index contributed by atoms with van der Waals surface area (Å²) in [5, 5.41) is 0.733. The highest BCUT2D eigenvalue weighted by Gasteiger charge is 2.19. The molecule has 1 fully saturated rings. The summed E-state index contributed by atoms with van der Waals surface area (Å²) in [5.41, 5.74) is 5.15. The zero-order valence-electron chi connectivity index (χ0n) is 13.6. The molecule has 1 aromatic rings. The average Bonchev–Trinajstić information content (AvgIpc) is 2.79. The number of hydrogen-bond acceptors (Lipinski definition) is 3. The number of benzene rings is 1. The molecule has 0 aliphatic carbocycles. The van der Waals surface area contributed by atoms with Crippen molar-refractivity contribution in [3.05, 3.63) is 39.9 Å². The van der Waals surface area contributed by atoms with Crippen molar-refractivity contribution in [1.29, 1.82) is 0 Å². The van der Waals surface area contributed by atoms with Crippen molar-refractivity contribution in [2.24, 2.45) is 0 Å². The highest BCUT2D eigenvalue weighted by Crippen LogP contribution is 2.26. The van der Waals surface area contributed by atoms with E-state index < -0.39 is 11.8 Å². The molecule has 1 saturated heterocycles. The molecule has 3 amide bonds. The van der Waals surface area contributed by atoms with Gasteiger partial charge in [0.1, 0.15) is 6.54 Å². The first kappa shape index (κ1) is 19.3. The molecular formula is C17H19Cl2N3O3. The van der Waals surface area contributed by atoms with Gasteiger partial charge in [-0.05, 0) is 30.5 Å². The molecule has 1 heterocycles. The molecule has 0 radical (unpaired) electrons. The lowest BCUT2D eigenvalue weighted by atomic mass is 10.2. The van der Waals surface area contributed by atoms with Crippen LogP contribution in [0.3, 0.4) is 0 Å². The number of hydrogen-bond donors (Lipinski definition) is 2. The quantitative estimate of drug-likeness (QED) is 0.619. The number of halogens is 2. The van der Waals surface area contributed by atoms with Gasteiger partial charge in [-0.15, -0.1) is 0 Å². The summed E-state index contributed by atoms with van der Waals surface area (Å²) in [5.74, 6) is -1.00. The van der Waals surface area contributed by atoms with Crippen LogP contribution in [0.4, 0.5) is 0 Å². The third kappa shape index (κ3) is 6.07. The van der Waals surface area contributed by atoms with E-state index in [1.54, 1.807) is 18.2 Å². The zero-order valence-corrected chi connectivity index (χ0v) is 15.1. The molecule has 134 valence electrons. The van der Waals surface area contributed by atoms with Crippen molar-refractivity contribution < 1.29 is 14.4 Å². The Morgan fingerprint density at radius 1 is 1.16 bits per heavy atom. The van der Waals surface area contributed by atoms with Crippen LogP contribution in [0.2, 0.25) is 10.0 Å². The maximum atomic E-state index is 11.9. The molecule has 0 aromatic heterocycles. The lowest BCUT2D eigenvalue weighted by Crippen LogP contribution is -2.47. The van der Waals surface area contributed by atoms with Gasteiger partial charge in [0.15, 0.2) is 0 Å². The fourth-order valence-electron chi connectivity index (χ4n) is 2.41. The number of nitrogens with one attached hydrogen (secondary N) is 2. The van der Waals surface area contributed by atoms with Gasteiger partial charge in [-0.3, -0.25) is 25.2 Å². The van der Waals surface area contributed by atoms with Crippen molar-refractivity contribution in [2.75, 3.05) is 13.1 Å². The molecule has 8 heteroatoms. The lowest BCUT2D eigenvalue weighted by molar-refractivity contribution is -0.136. The third-order valence-electron chi connectivity index (χ3n) is 3.73. The minimum atomic E-state index is -0.522. The number of likely N-dealkylation sites (tertiary alicyclic amines) is 1. The normalized spacial score (nSPS) is 15.1. The topological polar surface area (TPSA) is 78.5 Å². The van der Waals surface area contributed by atoms with Gasteiger partial charge >= 0.3 is 0 Å². The molecule has 0 unspecified atom stereocenters. The van der Waals surface area contributed by atoms with Crippen LogP contribution in [0, 0.1) is 0 Å². The standard InChI is InChI=1S/C17H19Cl2N3O3/c18-13-6-4-5-12(17(13)19)8-9-14(23)20-21-15(24)11-22-10-3-1-2-7-16(22)25/h4-6,8-9H,1-3,7,10-11H2,(H,20,23)(H,21,24)/b9-8+.